The molecular formula is C14H23N3O3. The summed E-state index contributed by atoms with van der Waals surface area (Å²) in [5, 5.41) is 18.4. The molecule has 1 aliphatic rings. The molecule has 112 valence electrons. The summed E-state index contributed by atoms with van der Waals surface area (Å²) in [4.78, 5) is 16.1. The van der Waals surface area contributed by atoms with Gasteiger partial charge >= 0.3 is 0 Å². The van der Waals surface area contributed by atoms with Crippen LogP contribution in [-0.2, 0) is 13.1 Å². The van der Waals surface area contributed by atoms with E-state index in [2.05, 4.69) is 9.80 Å². The first kappa shape index (κ1) is 15.0. The molecule has 1 aromatic heterocycles. The molecule has 0 saturated carbocycles. The van der Waals surface area contributed by atoms with E-state index in [0.717, 1.165) is 51.5 Å². The largest absolute Gasteiger partial charge is 0.503 e. The lowest BCUT2D eigenvalue weighted by Crippen LogP contribution is -2.47. The summed E-state index contributed by atoms with van der Waals surface area (Å²) in [6.45, 7) is 8.11. The van der Waals surface area contributed by atoms with Crippen LogP contribution in [0.5, 0.6) is 5.75 Å². The van der Waals surface area contributed by atoms with E-state index in [4.69, 9.17) is 5.11 Å². The number of β-amino-alcohol motifs (C(OH)–C–C–N with tert-alkyl or cyclic N) is 1. The van der Waals surface area contributed by atoms with Gasteiger partial charge in [-0.3, -0.25) is 14.6 Å². The Balaban J connectivity index is 2.01. The predicted molar refractivity (Wildman–Crippen MR) is 76.8 cm³/mol. The van der Waals surface area contributed by atoms with Crippen molar-refractivity contribution in [1.82, 2.24) is 14.4 Å². The number of aromatic nitrogens is 1. The van der Waals surface area contributed by atoms with E-state index < -0.39 is 0 Å². The standard InChI is InChI=1S/C14H23N3O3/c1-2-17-11-14(20)13(19)9-12(17)10-16-5-3-15(4-6-16)7-8-18/h9,11,18,20H,2-8,10H2,1H3. The molecule has 2 N–H and O–H groups in total. The van der Waals surface area contributed by atoms with E-state index in [1.165, 1.54) is 12.3 Å². The van der Waals surface area contributed by atoms with Gasteiger partial charge in [0.15, 0.2) is 5.75 Å². The van der Waals surface area contributed by atoms with Crippen molar-refractivity contribution in [3.05, 3.63) is 28.2 Å². The number of aromatic hydroxyl groups is 1. The molecule has 0 bridgehead atoms. The van der Waals surface area contributed by atoms with Crippen LogP contribution in [0.15, 0.2) is 17.1 Å². The zero-order valence-electron chi connectivity index (χ0n) is 12.0. The fraction of sp³-hybridized carbons (Fsp3) is 0.643. The third kappa shape index (κ3) is 3.59. The van der Waals surface area contributed by atoms with Crippen LogP contribution in [0.3, 0.4) is 0 Å². The smallest absolute Gasteiger partial charge is 0.223 e. The molecule has 2 heterocycles. The van der Waals surface area contributed by atoms with Gasteiger partial charge in [0.05, 0.1) is 12.8 Å². The Hall–Kier alpha value is -1.37. The topological polar surface area (TPSA) is 68.9 Å². The summed E-state index contributed by atoms with van der Waals surface area (Å²) in [6, 6.07) is 1.53. The molecule has 1 aliphatic heterocycles. The Morgan fingerprint density at radius 2 is 1.85 bits per heavy atom. The third-order valence-electron chi connectivity index (χ3n) is 3.80. The highest BCUT2D eigenvalue weighted by Crippen LogP contribution is 2.10. The lowest BCUT2D eigenvalue weighted by atomic mass is 10.2. The Kier molecular flexibility index (Phi) is 5.17. The number of aliphatic hydroxyl groups is 1. The van der Waals surface area contributed by atoms with Crippen LogP contribution in [0, 0.1) is 0 Å². The van der Waals surface area contributed by atoms with Gasteiger partial charge in [0.2, 0.25) is 5.43 Å². The van der Waals surface area contributed by atoms with Gasteiger partial charge in [0.1, 0.15) is 0 Å². The maximum atomic E-state index is 11.6. The summed E-state index contributed by atoms with van der Waals surface area (Å²) in [5.74, 6) is -0.191. The minimum Gasteiger partial charge on any atom is -0.503 e. The molecule has 0 atom stereocenters. The second-order valence-corrected chi connectivity index (χ2v) is 5.14. The van der Waals surface area contributed by atoms with Gasteiger partial charge < -0.3 is 14.8 Å². The second-order valence-electron chi connectivity index (χ2n) is 5.14. The van der Waals surface area contributed by atoms with Crippen LogP contribution in [0.4, 0.5) is 0 Å². The SMILES string of the molecule is CCn1cc(O)c(=O)cc1CN1CCN(CCO)CC1. The van der Waals surface area contributed by atoms with Crippen molar-refractivity contribution >= 4 is 0 Å². The van der Waals surface area contributed by atoms with Crippen LogP contribution >= 0.6 is 0 Å². The highest BCUT2D eigenvalue weighted by atomic mass is 16.3. The summed E-state index contributed by atoms with van der Waals surface area (Å²) in [7, 11) is 0. The first-order valence-corrected chi connectivity index (χ1v) is 7.12. The van der Waals surface area contributed by atoms with Gasteiger partial charge in [0.25, 0.3) is 0 Å². The maximum Gasteiger partial charge on any atom is 0.223 e. The highest BCUT2D eigenvalue weighted by molar-refractivity contribution is 5.20. The normalized spacial score (nSPS) is 17.5. The lowest BCUT2D eigenvalue weighted by Gasteiger charge is -2.34. The van der Waals surface area contributed by atoms with E-state index in [0.29, 0.717) is 0 Å². The van der Waals surface area contributed by atoms with Crippen LogP contribution in [0.1, 0.15) is 12.6 Å². The molecule has 1 saturated heterocycles. The molecule has 6 heteroatoms. The predicted octanol–water partition coefficient (Wildman–Crippen LogP) is -0.316. The molecule has 20 heavy (non-hydrogen) atoms. The molecule has 0 amide bonds. The van der Waals surface area contributed by atoms with Gasteiger partial charge in [-0.1, -0.05) is 0 Å². The number of hydrogen-bond acceptors (Lipinski definition) is 5. The zero-order chi connectivity index (χ0) is 14.5. The molecular weight excluding hydrogens is 258 g/mol. The first-order valence-electron chi connectivity index (χ1n) is 7.12. The van der Waals surface area contributed by atoms with Gasteiger partial charge in [-0.2, -0.15) is 0 Å². The monoisotopic (exact) mass is 281 g/mol. The summed E-state index contributed by atoms with van der Waals surface area (Å²) >= 11 is 0. The molecule has 1 aromatic rings. The first-order chi connectivity index (χ1) is 9.63. The molecule has 0 aliphatic carbocycles. The lowest BCUT2D eigenvalue weighted by molar-refractivity contribution is 0.107. The average Bonchev–Trinajstić information content (AvgIpc) is 2.45. The van der Waals surface area contributed by atoms with Gasteiger partial charge in [-0.05, 0) is 6.92 Å². The van der Waals surface area contributed by atoms with Crippen LogP contribution in [0.2, 0.25) is 0 Å². The molecule has 0 aromatic carbocycles. The van der Waals surface area contributed by atoms with Gasteiger partial charge in [-0.15, -0.1) is 0 Å². The van der Waals surface area contributed by atoms with Crippen molar-refractivity contribution in [3.63, 3.8) is 0 Å². The van der Waals surface area contributed by atoms with Gasteiger partial charge in [0, 0.05) is 57.6 Å². The van der Waals surface area contributed by atoms with Crippen molar-refractivity contribution in [2.24, 2.45) is 0 Å². The van der Waals surface area contributed by atoms with Crippen molar-refractivity contribution in [3.8, 4) is 5.75 Å². The quantitative estimate of drug-likeness (QED) is 0.774. The molecule has 0 spiro atoms. The van der Waals surface area contributed by atoms with E-state index in [1.807, 2.05) is 11.5 Å². The van der Waals surface area contributed by atoms with Gasteiger partial charge in [-0.25, -0.2) is 0 Å². The molecule has 1 fully saturated rings. The van der Waals surface area contributed by atoms with E-state index in [1.54, 1.807) is 0 Å². The fourth-order valence-corrected chi connectivity index (χ4v) is 2.57. The number of rotatable bonds is 5. The minimum absolute atomic E-state index is 0.191. The second kappa shape index (κ2) is 6.88. The summed E-state index contributed by atoms with van der Waals surface area (Å²) < 4.78 is 1.91. The summed E-state index contributed by atoms with van der Waals surface area (Å²) in [6.07, 6.45) is 1.51. The average molecular weight is 281 g/mol. The van der Waals surface area contributed by atoms with Crippen LogP contribution < -0.4 is 5.43 Å². The third-order valence-corrected chi connectivity index (χ3v) is 3.80. The van der Waals surface area contributed by atoms with Crippen molar-refractivity contribution in [1.29, 1.82) is 0 Å². The maximum absolute atomic E-state index is 11.6. The number of pyridine rings is 1. The Bertz CT molecular complexity index is 493. The molecule has 0 unspecified atom stereocenters. The number of aliphatic hydroxyl groups excluding tert-OH is 1. The zero-order valence-corrected chi connectivity index (χ0v) is 12.0. The van der Waals surface area contributed by atoms with Crippen molar-refractivity contribution in [2.75, 3.05) is 39.3 Å². The van der Waals surface area contributed by atoms with Crippen molar-refractivity contribution in [2.45, 2.75) is 20.0 Å². The number of aryl methyl sites for hydroxylation is 1. The molecule has 6 nitrogen and oxygen atoms in total. The number of nitrogens with zero attached hydrogens (tertiary/aromatic N) is 3. The Labute approximate surface area is 118 Å². The molecule has 2 rings (SSSR count). The van der Waals surface area contributed by atoms with Crippen LogP contribution in [-0.4, -0.2) is 63.9 Å². The fourth-order valence-electron chi connectivity index (χ4n) is 2.57. The van der Waals surface area contributed by atoms with Crippen molar-refractivity contribution < 1.29 is 10.2 Å². The Morgan fingerprint density at radius 1 is 1.20 bits per heavy atom. The number of hydrogen-bond donors (Lipinski definition) is 2. The van der Waals surface area contributed by atoms with E-state index >= 15 is 0 Å². The van der Waals surface area contributed by atoms with E-state index in [-0.39, 0.29) is 17.8 Å². The molecule has 0 radical (unpaired) electrons. The minimum atomic E-state index is -0.316. The van der Waals surface area contributed by atoms with Crippen LogP contribution in [0.25, 0.3) is 0 Å². The summed E-state index contributed by atoms with van der Waals surface area (Å²) in [5.41, 5.74) is 0.620. The Morgan fingerprint density at radius 3 is 2.45 bits per heavy atom. The highest BCUT2D eigenvalue weighted by Gasteiger charge is 2.17. The number of piperazine rings is 1. The van der Waals surface area contributed by atoms with E-state index in [9.17, 15) is 9.90 Å².